The Morgan fingerprint density at radius 3 is 2.48 bits per heavy atom. The fourth-order valence-electron chi connectivity index (χ4n) is 3.09. The molecule has 136 valence electrons. The molecule has 1 unspecified atom stereocenters. The van der Waals surface area contributed by atoms with Gasteiger partial charge in [0.25, 0.3) is 0 Å². The molecule has 0 spiro atoms. The topological polar surface area (TPSA) is 86.7 Å². The number of benzene rings is 1. The lowest BCUT2D eigenvalue weighted by Crippen LogP contribution is -2.51. The first-order chi connectivity index (χ1) is 11.8. The SMILES string of the molecule is CC(=O)Nc1ccc(SC(C)C(=O)N2CCC[C@H](C(=O)O)[C@@H]2C)cc1. The average molecular weight is 364 g/mol. The van der Waals surface area contributed by atoms with Crippen molar-refractivity contribution in [2.45, 2.75) is 49.8 Å². The molecule has 1 aromatic carbocycles. The molecule has 0 aliphatic carbocycles. The number of nitrogens with one attached hydrogen (secondary N) is 1. The molecule has 0 bridgehead atoms. The van der Waals surface area contributed by atoms with Gasteiger partial charge in [-0.2, -0.15) is 0 Å². The van der Waals surface area contributed by atoms with E-state index in [1.165, 1.54) is 18.7 Å². The Balaban J connectivity index is 1.99. The zero-order valence-electron chi connectivity index (χ0n) is 14.7. The molecule has 7 heteroatoms. The van der Waals surface area contributed by atoms with E-state index in [4.69, 9.17) is 0 Å². The lowest BCUT2D eigenvalue weighted by Gasteiger charge is -2.38. The smallest absolute Gasteiger partial charge is 0.308 e. The van der Waals surface area contributed by atoms with E-state index in [0.29, 0.717) is 18.7 Å². The van der Waals surface area contributed by atoms with Gasteiger partial charge in [-0.25, -0.2) is 0 Å². The maximum absolute atomic E-state index is 12.7. The molecule has 1 saturated heterocycles. The molecule has 0 aromatic heterocycles. The van der Waals surface area contributed by atoms with Gasteiger partial charge in [-0.05, 0) is 51.0 Å². The Bertz CT molecular complexity index is 647. The summed E-state index contributed by atoms with van der Waals surface area (Å²) in [6, 6.07) is 7.03. The first kappa shape index (κ1) is 19.3. The number of thioether (sulfide) groups is 1. The van der Waals surface area contributed by atoms with E-state index in [0.717, 1.165) is 11.3 Å². The second kappa shape index (κ2) is 8.38. The summed E-state index contributed by atoms with van der Waals surface area (Å²) >= 11 is 1.43. The Morgan fingerprint density at radius 1 is 1.28 bits per heavy atom. The Hall–Kier alpha value is -2.02. The van der Waals surface area contributed by atoms with Crippen LogP contribution in [0.4, 0.5) is 5.69 Å². The maximum Gasteiger partial charge on any atom is 0.308 e. The maximum atomic E-state index is 12.7. The quantitative estimate of drug-likeness (QED) is 0.785. The standard InChI is InChI=1S/C18H24N2O4S/c1-11-16(18(23)24)5-4-10-20(11)17(22)12(2)25-15-8-6-14(7-9-15)19-13(3)21/h6-9,11-12,16H,4-5,10H2,1-3H3,(H,19,21)(H,23,24)/t11-,12?,16-/m0/s1. The first-order valence-corrected chi connectivity index (χ1v) is 9.25. The van der Waals surface area contributed by atoms with Gasteiger partial charge >= 0.3 is 5.97 Å². The van der Waals surface area contributed by atoms with Crippen LogP contribution in [0.3, 0.4) is 0 Å². The predicted octanol–water partition coefficient (Wildman–Crippen LogP) is 2.84. The fourth-order valence-corrected chi connectivity index (χ4v) is 4.03. The second-order valence-electron chi connectivity index (χ2n) is 6.32. The van der Waals surface area contributed by atoms with Gasteiger partial charge < -0.3 is 15.3 Å². The minimum Gasteiger partial charge on any atom is -0.481 e. The predicted molar refractivity (Wildman–Crippen MR) is 97.6 cm³/mol. The first-order valence-electron chi connectivity index (χ1n) is 8.37. The lowest BCUT2D eigenvalue weighted by atomic mass is 9.90. The number of anilines is 1. The molecule has 1 aromatic rings. The summed E-state index contributed by atoms with van der Waals surface area (Å²) in [6.07, 6.45) is 1.34. The zero-order valence-corrected chi connectivity index (χ0v) is 15.5. The second-order valence-corrected chi connectivity index (χ2v) is 7.74. The molecule has 2 rings (SSSR count). The van der Waals surface area contributed by atoms with Crippen molar-refractivity contribution < 1.29 is 19.5 Å². The number of hydrogen-bond donors (Lipinski definition) is 2. The molecule has 1 fully saturated rings. The highest BCUT2D eigenvalue weighted by atomic mass is 32.2. The Kier molecular flexibility index (Phi) is 6.47. The number of carbonyl (C=O) groups excluding carboxylic acids is 2. The number of piperidine rings is 1. The number of amides is 2. The van der Waals surface area contributed by atoms with Crippen molar-refractivity contribution in [3.05, 3.63) is 24.3 Å². The average Bonchev–Trinajstić information content (AvgIpc) is 2.55. The minimum atomic E-state index is -0.834. The van der Waals surface area contributed by atoms with E-state index >= 15 is 0 Å². The van der Waals surface area contributed by atoms with Crippen LogP contribution in [0.15, 0.2) is 29.2 Å². The summed E-state index contributed by atoms with van der Waals surface area (Å²) in [6.45, 7) is 5.71. The summed E-state index contributed by atoms with van der Waals surface area (Å²) in [5.74, 6) is -1.49. The molecule has 1 aliphatic rings. The number of hydrogen-bond acceptors (Lipinski definition) is 4. The van der Waals surface area contributed by atoms with Crippen molar-refractivity contribution in [2.24, 2.45) is 5.92 Å². The van der Waals surface area contributed by atoms with Gasteiger partial charge in [-0.3, -0.25) is 14.4 Å². The van der Waals surface area contributed by atoms with E-state index in [9.17, 15) is 19.5 Å². The minimum absolute atomic E-state index is 0.0330. The van der Waals surface area contributed by atoms with E-state index in [1.807, 2.05) is 26.0 Å². The van der Waals surface area contributed by atoms with Crippen LogP contribution < -0.4 is 5.32 Å². The molecular formula is C18H24N2O4S. The van der Waals surface area contributed by atoms with Gasteiger partial charge in [-0.1, -0.05) is 0 Å². The van der Waals surface area contributed by atoms with Crippen molar-refractivity contribution in [3.8, 4) is 0 Å². The molecular weight excluding hydrogens is 340 g/mol. The molecule has 1 aliphatic heterocycles. The zero-order chi connectivity index (χ0) is 18.6. The highest BCUT2D eigenvalue weighted by Gasteiger charge is 2.36. The third kappa shape index (κ3) is 4.98. The van der Waals surface area contributed by atoms with Crippen molar-refractivity contribution in [2.75, 3.05) is 11.9 Å². The largest absolute Gasteiger partial charge is 0.481 e. The summed E-state index contributed by atoms with van der Waals surface area (Å²) in [7, 11) is 0. The number of rotatable bonds is 5. The van der Waals surface area contributed by atoms with Gasteiger partial charge in [0.05, 0.1) is 11.2 Å². The molecule has 0 radical (unpaired) electrons. The highest BCUT2D eigenvalue weighted by Crippen LogP contribution is 2.29. The van der Waals surface area contributed by atoms with Gasteiger partial charge in [0, 0.05) is 30.1 Å². The van der Waals surface area contributed by atoms with Crippen molar-refractivity contribution >= 4 is 35.2 Å². The molecule has 25 heavy (non-hydrogen) atoms. The van der Waals surface area contributed by atoms with Crippen molar-refractivity contribution in [1.82, 2.24) is 4.90 Å². The van der Waals surface area contributed by atoms with Gasteiger partial charge in [0.15, 0.2) is 0 Å². The number of carboxylic acid groups (broad SMARTS) is 1. The third-order valence-electron chi connectivity index (χ3n) is 4.42. The van der Waals surface area contributed by atoms with E-state index in [-0.39, 0.29) is 23.1 Å². The van der Waals surface area contributed by atoms with Crippen LogP contribution >= 0.6 is 11.8 Å². The molecule has 0 saturated carbocycles. The molecule has 1 heterocycles. The van der Waals surface area contributed by atoms with Gasteiger partial charge in [0.1, 0.15) is 0 Å². The number of aliphatic carboxylic acids is 1. The van der Waals surface area contributed by atoms with Crippen molar-refractivity contribution in [3.63, 3.8) is 0 Å². The summed E-state index contributed by atoms with van der Waals surface area (Å²) < 4.78 is 0. The van der Waals surface area contributed by atoms with Gasteiger partial charge in [-0.15, -0.1) is 11.8 Å². The molecule has 2 amide bonds. The Morgan fingerprint density at radius 2 is 1.92 bits per heavy atom. The lowest BCUT2D eigenvalue weighted by molar-refractivity contribution is -0.148. The monoisotopic (exact) mass is 364 g/mol. The third-order valence-corrected chi connectivity index (χ3v) is 5.52. The van der Waals surface area contributed by atoms with E-state index in [1.54, 1.807) is 17.0 Å². The summed E-state index contributed by atoms with van der Waals surface area (Å²) in [5.41, 5.74) is 0.713. The number of nitrogens with zero attached hydrogens (tertiary/aromatic N) is 1. The van der Waals surface area contributed by atoms with Crippen LogP contribution in [0.5, 0.6) is 0 Å². The van der Waals surface area contributed by atoms with Crippen LogP contribution in [0, 0.1) is 5.92 Å². The van der Waals surface area contributed by atoms with Crippen LogP contribution in [-0.4, -0.2) is 45.6 Å². The van der Waals surface area contributed by atoms with Crippen LogP contribution in [-0.2, 0) is 14.4 Å². The summed E-state index contributed by atoms with van der Waals surface area (Å²) in [4.78, 5) is 37.7. The molecule has 3 atom stereocenters. The molecule has 6 nitrogen and oxygen atoms in total. The fraction of sp³-hybridized carbons (Fsp3) is 0.500. The summed E-state index contributed by atoms with van der Waals surface area (Å²) in [5, 5.41) is 11.7. The normalized spacial score (nSPS) is 21.5. The number of likely N-dealkylation sites (tertiary alicyclic amines) is 1. The van der Waals surface area contributed by atoms with E-state index in [2.05, 4.69) is 5.32 Å². The number of carboxylic acids is 1. The Labute approximate surface area is 152 Å². The van der Waals surface area contributed by atoms with Crippen LogP contribution in [0.25, 0.3) is 0 Å². The van der Waals surface area contributed by atoms with Gasteiger partial charge in [0.2, 0.25) is 11.8 Å². The van der Waals surface area contributed by atoms with E-state index < -0.39 is 11.9 Å². The van der Waals surface area contributed by atoms with Crippen LogP contribution in [0.1, 0.15) is 33.6 Å². The molecule has 2 N–H and O–H groups in total. The highest BCUT2D eigenvalue weighted by molar-refractivity contribution is 8.00. The van der Waals surface area contributed by atoms with Crippen LogP contribution in [0.2, 0.25) is 0 Å². The van der Waals surface area contributed by atoms with Crippen molar-refractivity contribution in [1.29, 1.82) is 0 Å². The number of carbonyl (C=O) groups is 3.